The van der Waals surface area contributed by atoms with Crippen molar-refractivity contribution in [3.63, 3.8) is 0 Å². The topological polar surface area (TPSA) is 57.5 Å². The van der Waals surface area contributed by atoms with Gasteiger partial charge in [-0.05, 0) is 0 Å². The molecule has 0 spiro atoms. The SMILES string of the molecule is O=C(O)O.[NaH].[NaH].[NaH].[Tl]. The standard InChI is InChI=1S/CH2O3.3Na.Tl.3H/c2-1(3)4;;;;;;;/h(H2,2,3,4);;;;;;;. The van der Waals surface area contributed by atoms with Crippen molar-refractivity contribution in [2.24, 2.45) is 0 Å². The van der Waals surface area contributed by atoms with E-state index in [1.165, 1.54) is 0 Å². The summed E-state index contributed by atoms with van der Waals surface area (Å²) in [4.78, 5) is 8.56. The van der Waals surface area contributed by atoms with Crippen LogP contribution in [0.2, 0.25) is 0 Å². The van der Waals surface area contributed by atoms with Gasteiger partial charge < -0.3 is 10.2 Å². The Morgan fingerprint density at radius 1 is 1.00 bits per heavy atom. The maximum Gasteiger partial charge on any atom is 0 e. The van der Waals surface area contributed by atoms with E-state index in [1.807, 2.05) is 0 Å². The molecule has 0 saturated carbocycles. The third-order valence-corrected chi connectivity index (χ3v) is 0. The van der Waals surface area contributed by atoms with E-state index in [-0.39, 0.29) is 116 Å². The van der Waals surface area contributed by atoms with E-state index in [9.17, 15) is 0 Å². The normalized spacial score (nSPS) is 3.00. The van der Waals surface area contributed by atoms with Gasteiger partial charge in [-0.25, -0.2) is 4.79 Å². The summed E-state index contributed by atoms with van der Waals surface area (Å²) in [5.74, 6) is 0. The first-order chi connectivity index (χ1) is 1.73. The zero-order chi connectivity index (χ0) is 3.58. The van der Waals surface area contributed by atoms with Crippen molar-refractivity contribution in [2.75, 3.05) is 0 Å². The van der Waals surface area contributed by atoms with Crippen molar-refractivity contribution in [3.05, 3.63) is 0 Å². The van der Waals surface area contributed by atoms with Gasteiger partial charge in [-0.2, -0.15) is 0 Å². The molecule has 0 bridgehead atoms. The molecule has 3 nitrogen and oxygen atoms in total. The molecule has 33 valence electrons. The Kier molecular flexibility index (Phi) is 85.1. The molecular formula is CH5Na3O3Tl. The fourth-order valence-corrected chi connectivity index (χ4v) is 0. The molecule has 1 radical (unpaired) electrons. The Bertz CT molecular complexity index is 37.5. The summed E-state index contributed by atoms with van der Waals surface area (Å²) >= 11 is 0. The quantitative estimate of drug-likeness (QED) is 0.498. The third-order valence-electron chi connectivity index (χ3n) is 0. The summed E-state index contributed by atoms with van der Waals surface area (Å²) in [5, 5.41) is 13.9. The van der Waals surface area contributed by atoms with E-state index < -0.39 is 6.16 Å². The van der Waals surface area contributed by atoms with E-state index in [4.69, 9.17) is 15.0 Å². The monoisotopic (exact) mass is 339 g/mol. The second-order valence-electron chi connectivity index (χ2n) is 0.283. The Hall–Kier alpha value is 3.19. The minimum atomic E-state index is -1.83. The number of hydrogen-bond acceptors (Lipinski definition) is 1. The van der Waals surface area contributed by atoms with Gasteiger partial charge >= 0.3 is 94.8 Å². The van der Waals surface area contributed by atoms with Crippen LogP contribution in [0, 0.1) is 0 Å². The Morgan fingerprint density at radius 3 is 1.00 bits per heavy atom. The van der Waals surface area contributed by atoms with Crippen LogP contribution in [0.1, 0.15) is 0 Å². The second kappa shape index (κ2) is 22.5. The van der Waals surface area contributed by atoms with Gasteiger partial charge in [0.2, 0.25) is 0 Å². The molecule has 0 amide bonds. The van der Waals surface area contributed by atoms with E-state index in [2.05, 4.69) is 0 Å². The molecule has 0 aliphatic carbocycles. The summed E-state index contributed by atoms with van der Waals surface area (Å²) in [6.07, 6.45) is -1.83. The smallest absolute Gasteiger partial charge is 0 e. The third kappa shape index (κ3) is 60.5. The molecule has 2 N–H and O–H groups in total. The first kappa shape index (κ1) is 30.3. The summed E-state index contributed by atoms with van der Waals surface area (Å²) < 4.78 is 0. The number of carbonyl (C=O) groups is 1. The van der Waals surface area contributed by atoms with Gasteiger partial charge in [0.05, 0.1) is 0 Å². The summed E-state index contributed by atoms with van der Waals surface area (Å²) in [5.41, 5.74) is 0. The van der Waals surface area contributed by atoms with Crippen LogP contribution in [0.4, 0.5) is 4.79 Å². The Labute approximate surface area is 134 Å². The summed E-state index contributed by atoms with van der Waals surface area (Å²) in [7, 11) is 0. The average molecular weight is 338 g/mol. The van der Waals surface area contributed by atoms with Gasteiger partial charge in [0.15, 0.2) is 0 Å². The molecular weight excluding hydrogens is 333 g/mol. The maximum atomic E-state index is 8.56. The van der Waals surface area contributed by atoms with Gasteiger partial charge in [0.25, 0.3) is 0 Å². The molecule has 0 rings (SSSR count). The van der Waals surface area contributed by atoms with E-state index in [1.54, 1.807) is 0 Å². The van der Waals surface area contributed by atoms with Crippen molar-refractivity contribution < 1.29 is 15.0 Å². The van der Waals surface area contributed by atoms with Crippen LogP contribution >= 0.6 is 0 Å². The fraction of sp³-hybridized carbons (Fsp3) is 0. The first-order valence-corrected chi connectivity index (χ1v) is 0.651. The first-order valence-electron chi connectivity index (χ1n) is 0.651. The Morgan fingerprint density at radius 2 is 1.00 bits per heavy atom. The zero-order valence-corrected chi connectivity index (χ0v) is 6.87. The van der Waals surface area contributed by atoms with Gasteiger partial charge in [-0.3, -0.25) is 0 Å². The molecule has 0 aromatic rings. The van der Waals surface area contributed by atoms with Crippen LogP contribution in [0.3, 0.4) is 0 Å². The van der Waals surface area contributed by atoms with Gasteiger partial charge in [0, 0.05) is 27.3 Å². The molecule has 0 aliphatic heterocycles. The Balaban J connectivity index is -0.00000000750. The van der Waals surface area contributed by atoms with Crippen LogP contribution in [-0.2, 0) is 0 Å². The minimum Gasteiger partial charge on any atom is 0 e. The number of rotatable bonds is 0. The van der Waals surface area contributed by atoms with Crippen molar-refractivity contribution in [1.29, 1.82) is 0 Å². The maximum absolute atomic E-state index is 8.56. The summed E-state index contributed by atoms with van der Waals surface area (Å²) in [6, 6.07) is 0. The molecule has 0 atom stereocenters. The molecule has 7 heteroatoms. The summed E-state index contributed by atoms with van der Waals surface area (Å²) in [6.45, 7) is 0. The zero-order valence-electron chi connectivity index (χ0n) is 2.38. The van der Waals surface area contributed by atoms with Crippen molar-refractivity contribution in [2.45, 2.75) is 0 Å². The predicted octanol–water partition coefficient (Wildman–Crippen LogP) is -2.10. The molecule has 0 fully saturated rings. The second-order valence-corrected chi connectivity index (χ2v) is 0.283. The molecule has 0 unspecified atom stereocenters. The molecule has 0 aliphatic rings. The van der Waals surface area contributed by atoms with Gasteiger partial charge in [-0.15, -0.1) is 0 Å². The van der Waals surface area contributed by atoms with Crippen molar-refractivity contribution >= 4 is 122 Å². The molecule has 0 heterocycles. The van der Waals surface area contributed by atoms with Crippen LogP contribution < -0.4 is 0 Å². The van der Waals surface area contributed by atoms with Crippen molar-refractivity contribution in [3.8, 4) is 0 Å². The fourth-order valence-electron chi connectivity index (χ4n) is 0. The van der Waals surface area contributed by atoms with Crippen molar-refractivity contribution in [1.82, 2.24) is 0 Å². The van der Waals surface area contributed by atoms with Crippen LogP contribution in [0.25, 0.3) is 0 Å². The molecule has 0 aromatic heterocycles. The molecule has 0 aromatic carbocycles. The van der Waals surface area contributed by atoms with Crippen LogP contribution in [-0.4, -0.2) is 132 Å². The molecule has 0 saturated heterocycles. The average Bonchev–Trinajstić information content (AvgIpc) is 0.811. The van der Waals surface area contributed by atoms with Gasteiger partial charge in [-0.1, -0.05) is 0 Å². The number of hydrogen-bond donors (Lipinski definition) is 2. The molecule has 8 heavy (non-hydrogen) atoms. The van der Waals surface area contributed by atoms with E-state index in [0.717, 1.165) is 0 Å². The minimum absolute atomic E-state index is 0. The predicted molar refractivity (Wildman–Crippen MR) is 37.9 cm³/mol. The van der Waals surface area contributed by atoms with E-state index in [0.29, 0.717) is 0 Å². The largest absolute Gasteiger partial charge is 0 e. The number of carboxylic acid groups (broad SMARTS) is 2. The van der Waals surface area contributed by atoms with Crippen LogP contribution in [0.15, 0.2) is 0 Å². The van der Waals surface area contributed by atoms with Crippen LogP contribution in [0.5, 0.6) is 0 Å². The van der Waals surface area contributed by atoms with Gasteiger partial charge in [0.1, 0.15) is 0 Å². The van der Waals surface area contributed by atoms with E-state index >= 15 is 0 Å².